The summed E-state index contributed by atoms with van der Waals surface area (Å²) in [5, 5.41) is 14.7. The van der Waals surface area contributed by atoms with E-state index in [4.69, 9.17) is 5.11 Å². The summed E-state index contributed by atoms with van der Waals surface area (Å²) in [7, 11) is 0. The molecule has 0 unspecified atom stereocenters. The van der Waals surface area contributed by atoms with Crippen LogP contribution in [0.5, 0.6) is 0 Å². The Hall–Kier alpha value is -2.04. The quantitative estimate of drug-likeness (QED) is 0.728. The van der Waals surface area contributed by atoms with Gasteiger partial charge in [0, 0.05) is 0 Å². The lowest BCUT2D eigenvalue weighted by molar-refractivity contribution is -0.117. The molecule has 17 heavy (non-hydrogen) atoms. The van der Waals surface area contributed by atoms with E-state index in [0.29, 0.717) is 5.69 Å². The average molecular weight is 234 g/mol. The number of fused-ring (bicyclic) bond motifs is 1. The highest BCUT2D eigenvalue weighted by molar-refractivity contribution is 6.04. The van der Waals surface area contributed by atoms with E-state index in [1.165, 1.54) is 12.1 Å². The summed E-state index contributed by atoms with van der Waals surface area (Å²) in [4.78, 5) is 22.6. The molecule has 1 aromatic carbocycles. The van der Waals surface area contributed by atoms with Crippen LogP contribution >= 0.6 is 0 Å². The number of benzene rings is 1. The molecular formula is C12H14N2O3. The van der Waals surface area contributed by atoms with E-state index >= 15 is 0 Å². The molecule has 5 heteroatoms. The largest absolute Gasteiger partial charge is 0.478 e. The fourth-order valence-electron chi connectivity index (χ4n) is 1.82. The van der Waals surface area contributed by atoms with Gasteiger partial charge in [0.2, 0.25) is 5.91 Å². The second kappa shape index (κ2) is 4.08. The fraction of sp³-hybridized carbons (Fsp3) is 0.333. The van der Waals surface area contributed by atoms with Gasteiger partial charge in [0.05, 0.1) is 16.9 Å². The number of anilines is 2. The van der Waals surface area contributed by atoms with Crippen molar-refractivity contribution in [1.29, 1.82) is 0 Å². The number of hydrogen-bond donors (Lipinski definition) is 3. The van der Waals surface area contributed by atoms with Crippen molar-refractivity contribution in [2.24, 2.45) is 5.92 Å². The van der Waals surface area contributed by atoms with Crippen molar-refractivity contribution in [3.05, 3.63) is 23.8 Å². The third kappa shape index (κ3) is 2.08. The number of hydrogen-bond acceptors (Lipinski definition) is 3. The first-order valence-corrected chi connectivity index (χ1v) is 5.44. The monoisotopic (exact) mass is 234 g/mol. The molecule has 0 bridgehead atoms. The number of carbonyl (C=O) groups is 2. The molecule has 1 aliphatic rings. The van der Waals surface area contributed by atoms with Gasteiger partial charge in [-0.3, -0.25) is 4.79 Å². The summed E-state index contributed by atoms with van der Waals surface area (Å²) < 4.78 is 0. The Labute approximate surface area is 98.8 Å². The van der Waals surface area contributed by atoms with Gasteiger partial charge in [0.1, 0.15) is 6.04 Å². The maximum atomic E-state index is 11.8. The number of aromatic carboxylic acids is 1. The molecule has 1 aromatic rings. The number of nitrogens with one attached hydrogen (secondary N) is 2. The summed E-state index contributed by atoms with van der Waals surface area (Å²) in [6, 6.07) is 4.37. The fourth-order valence-corrected chi connectivity index (χ4v) is 1.82. The molecule has 2 rings (SSSR count). The Morgan fingerprint density at radius 3 is 2.65 bits per heavy atom. The third-order valence-electron chi connectivity index (χ3n) is 2.78. The first-order valence-electron chi connectivity index (χ1n) is 5.44. The van der Waals surface area contributed by atoms with Crippen molar-refractivity contribution in [2.45, 2.75) is 19.9 Å². The van der Waals surface area contributed by atoms with Crippen LogP contribution in [0.3, 0.4) is 0 Å². The normalized spacial score (nSPS) is 18.3. The van der Waals surface area contributed by atoms with Crippen molar-refractivity contribution >= 4 is 23.3 Å². The Morgan fingerprint density at radius 2 is 2.06 bits per heavy atom. The maximum absolute atomic E-state index is 11.8. The molecule has 3 N–H and O–H groups in total. The minimum atomic E-state index is -1.01. The zero-order chi connectivity index (χ0) is 12.6. The Balaban J connectivity index is 2.35. The number of rotatable bonds is 2. The molecule has 90 valence electrons. The molecule has 0 aromatic heterocycles. The highest BCUT2D eigenvalue weighted by atomic mass is 16.4. The van der Waals surface area contributed by atoms with E-state index in [1.807, 2.05) is 13.8 Å². The van der Waals surface area contributed by atoms with Gasteiger partial charge >= 0.3 is 5.97 Å². The predicted octanol–water partition coefficient (Wildman–Crippen LogP) is 1.77. The van der Waals surface area contributed by atoms with Crippen molar-refractivity contribution in [3.63, 3.8) is 0 Å². The van der Waals surface area contributed by atoms with Gasteiger partial charge in [-0.05, 0) is 24.1 Å². The lowest BCUT2D eigenvalue weighted by Gasteiger charge is -2.29. The zero-order valence-electron chi connectivity index (χ0n) is 9.65. The van der Waals surface area contributed by atoms with Gasteiger partial charge < -0.3 is 15.7 Å². The highest BCUT2D eigenvalue weighted by Crippen LogP contribution is 2.29. The molecule has 0 spiro atoms. The van der Waals surface area contributed by atoms with Crippen LogP contribution in [0.25, 0.3) is 0 Å². The van der Waals surface area contributed by atoms with E-state index in [1.54, 1.807) is 6.07 Å². The SMILES string of the molecule is CC(C)[C@H]1Nc2ccc(C(=O)O)cc2NC1=O. The molecule has 1 amide bonds. The number of carboxylic acid groups (broad SMARTS) is 1. The van der Waals surface area contributed by atoms with Crippen LogP contribution < -0.4 is 10.6 Å². The molecule has 0 fully saturated rings. The maximum Gasteiger partial charge on any atom is 0.335 e. The van der Waals surface area contributed by atoms with E-state index in [2.05, 4.69) is 10.6 Å². The van der Waals surface area contributed by atoms with Gasteiger partial charge in [-0.25, -0.2) is 4.79 Å². The average Bonchev–Trinajstić information content (AvgIpc) is 2.26. The van der Waals surface area contributed by atoms with Gasteiger partial charge in [-0.2, -0.15) is 0 Å². The van der Waals surface area contributed by atoms with Crippen molar-refractivity contribution in [1.82, 2.24) is 0 Å². The zero-order valence-corrected chi connectivity index (χ0v) is 9.65. The van der Waals surface area contributed by atoms with Crippen LogP contribution in [0.1, 0.15) is 24.2 Å². The van der Waals surface area contributed by atoms with Gasteiger partial charge in [0.25, 0.3) is 0 Å². The molecule has 0 saturated heterocycles. The molecule has 0 saturated carbocycles. The summed E-state index contributed by atoms with van der Waals surface area (Å²) in [6.07, 6.45) is 0. The smallest absolute Gasteiger partial charge is 0.335 e. The summed E-state index contributed by atoms with van der Waals surface area (Å²) in [6.45, 7) is 3.90. The molecule has 1 atom stereocenters. The Kier molecular flexibility index (Phi) is 2.75. The van der Waals surface area contributed by atoms with E-state index < -0.39 is 5.97 Å². The van der Waals surface area contributed by atoms with Crippen LogP contribution in [0, 0.1) is 5.92 Å². The topological polar surface area (TPSA) is 78.4 Å². The van der Waals surface area contributed by atoms with Crippen LogP contribution in [0.2, 0.25) is 0 Å². The van der Waals surface area contributed by atoms with Crippen LogP contribution in [-0.2, 0) is 4.79 Å². The molecule has 1 aliphatic heterocycles. The molecule has 1 heterocycles. The van der Waals surface area contributed by atoms with E-state index in [0.717, 1.165) is 5.69 Å². The van der Waals surface area contributed by atoms with Crippen LogP contribution in [-0.4, -0.2) is 23.0 Å². The summed E-state index contributed by atoms with van der Waals surface area (Å²) in [5.74, 6) is -0.967. The van der Waals surface area contributed by atoms with Gasteiger partial charge in [-0.15, -0.1) is 0 Å². The van der Waals surface area contributed by atoms with E-state index in [-0.39, 0.29) is 23.4 Å². The Bertz CT molecular complexity index is 483. The van der Waals surface area contributed by atoms with Crippen molar-refractivity contribution in [2.75, 3.05) is 10.6 Å². The minimum absolute atomic E-state index is 0.130. The van der Waals surface area contributed by atoms with Crippen molar-refractivity contribution in [3.8, 4) is 0 Å². The van der Waals surface area contributed by atoms with E-state index in [9.17, 15) is 9.59 Å². The summed E-state index contributed by atoms with van der Waals surface area (Å²) >= 11 is 0. The first kappa shape index (κ1) is 11.4. The lowest BCUT2D eigenvalue weighted by Crippen LogP contribution is -2.42. The van der Waals surface area contributed by atoms with Crippen LogP contribution in [0.15, 0.2) is 18.2 Å². The van der Waals surface area contributed by atoms with Gasteiger partial charge in [0.15, 0.2) is 0 Å². The number of amides is 1. The molecule has 5 nitrogen and oxygen atoms in total. The molecule has 0 aliphatic carbocycles. The third-order valence-corrected chi connectivity index (χ3v) is 2.78. The van der Waals surface area contributed by atoms with Crippen molar-refractivity contribution < 1.29 is 14.7 Å². The highest BCUT2D eigenvalue weighted by Gasteiger charge is 2.28. The second-order valence-electron chi connectivity index (χ2n) is 4.42. The first-order chi connectivity index (χ1) is 7.99. The standard InChI is InChI=1S/C12H14N2O3/c1-6(2)10-11(15)14-9-5-7(12(16)17)3-4-8(9)13-10/h3-6,10,13H,1-2H3,(H,14,15)(H,16,17)/t10-/m1/s1. The van der Waals surface area contributed by atoms with Crippen LogP contribution in [0.4, 0.5) is 11.4 Å². The lowest BCUT2D eigenvalue weighted by atomic mass is 10.00. The molecule has 0 radical (unpaired) electrons. The predicted molar refractivity (Wildman–Crippen MR) is 64.3 cm³/mol. The minimum Gasteiger partial charge on any atom is -0.478 e. The Morgan fingerprint density at radius 1 is 1.35 bits per heavy atom. The number of carboxylic acids is 1. The van der Waals surface area contributed by atoms with Gasteiger partial charge in [-0.1, -0.05) is 13.8 Å². The molecular weight excluding hydrogens is 220 g/mol. The summed E-state index contributed by atoms with van der Waals surface area (Å²) in [5.41, 5.74) is 1.44. The number of carbonyl (C=O) groups excluding carboxylic acids is 1. The second-order valence-corrected chi connectivity index (χ2v) is 4.42.